The molecule has 0 amide bonds. The monoisotopic (exact) mass is 321 g/mol. The number of hydrogen-bond donors (Lipinski definition) is 0. The molecule has 5 heteroatoms. The van der Waals surface area contributed by atoms with Crippen LogP contribution in [0.5, 0.6) is 0 Å². The molecule has 1 saturated carbocycles. The number of pyridine rings is 1. The van der Waals surface area contributed by atoms with Crippen molar-refractivity contribution in [3.05, 3.63) is 34.6 Å². The van der Waals surface area contributed by atoms with E-state index < -0.39 is 0 Å². The van der Waals surface area contributed by atoms with Gasteiger partial charge in [0.15, 0.2) is 0 Å². The molecule has 2 aromatic heterocycles. The SMILES string of the molecule is C#Cc1cc(=O)n(C2CCCC2)c2nc(N3CC[CH]CC3)ncc12. The van der Waals surface area contributed by atoms with Gasteiger partial charge in [0.05, 0.1) is 5.39 Å². The number of fused-ring (bicyclic) bond motifs is 1. The molecule has 0 unspecified atom stereocenters. The topological polar surface area (TPSA) is 51.0 Å². The van der Waals surface area contributed by atoms with Crippen molar-refractivity contribution in [1.82, 2.24) is 14.5 Å². The molecule has 2 aliphatic rings. The van der Waals surface area contributed by atoms with E-state index in [1.54, 1.807) is 12.3 Å². The Morgan fingerprint density at radius 2 is 1.96 bits per heavy atom. The number of rotatable bonds is 2. The highest BCUT2D eigenvalue weighted by Crippen LogP contribution is 2.31. The molecule has 0 aromatic carbocycles. The van der Waals surface area contributed by atoms with Crippen molar-refractivity contribution in [3.63, 3.8) is 0 Å². The van der Waals surface area contributed by atoms with Crippen LogP contribution in [0.3, 0.4) is 0 Å². The molecule has 2 fully saturated rings. The van der Waals surface area contributed by atoms with E-state index in [1.807, 2.05) is 4.57 Å². The highest BCUT2D eigenvalue weighted by molar-refractivity contribution is 5.82. The molecule has 1 saturated heterocycles. The highest BCUT2D eigenvalue weighted by atomic mass is 16.1. The molecule has 1 aliphatic heterocycles. The van der Waals surface area contributed by atoms with Gasteiger partial charge in [0.25, 0.3) is 5.56 Å². The van der Waals surface area contributed by atoms with Crippen LogP contribution in [0, 0.1) is 18.8 Å². The van der Waals surface area contributed by atoms with E-state index in [4.69, 9.17) is 11.4 Å². The zero-order valence-corrected chi connectivity index (χ0v) is 13.7. The number of terminal acetylenes is 1. The fourth-order valence-electron chi connectivity index (χ4n) is 3.85. The van der Waals surface area contributed by atoms with Crippen molar-refractivity contribution in [2.75, 3.05) is 18.0 Å². The van der Waals surface area contributed by atoms with Gasteiger partial charge < -0.3 is 4.90 Å². The van der Waals surface area contributed by atoms with Gasteiger partial charge in [0.1, 0.15) is 5.65 Å². The summed E-state index contributed by atoms with van der Waals surface area (Å²) in [5, 5.41) is 0.802. The van der Waals surface area contributed by atoms with Crippen molar-refractivity contribution >= 4 is 17.0 Å². The summed E-state index contributed by atoms with van der Waals surface area (Å²) >= 11 is 0. The van der Waals surface area contributed by atoms with E-state index in [2.05, 4.69) is 22.2 Å². The van der Waals surface area contributed by atoms with Gasteiger partial charge in [-0.15, -0.1) is 6.42 Å². The Morgan fingerprint density at radius 1 is 1.21 bits per heavy atom. The molecule has 24 heavy (non-hydrogen) atoms. The lowest BCUT2D eigenvalue weighted by molar-refractivity contribution is 0.515. The number of anilines is 1. The normalized spacial score (nSPS) is 18.9. The Bertz CT molecular complexity index is 852. The van der Waals surface area contributed by atoms with E-state index in [9.17, 15) is 4.79 Å². The molecule has 1 radical (unpaired) electrons. The summed E-state index contributed by atoms with van der Waals surface area (Å²) in [6, 6.07) is 1.78. The van der Waals surface area contributed by atoms with E-state index in [0.29, 0.717) is 17.2 Å². The standard InChI is InChI=1S/C19H21N4O/c1-2-14-12-17(24)23(15-8-4-5-9-15)18-16(14)13-20-19(21-18)22-10-6-3-7-11-22/h1,3,12-13,15H,4-11H2. The smallest absolute Gasteiger partial charge is 0.253 e. The summed E-state index contributed by atoms with van der Waals surface area (Å²) in [7, 11) is 0. The fourth-order valence-corrected chi connectivity index (χ4v) is 3.85. The molecule has 1 aliphatic carbocycles. The van der Waals surface area contributed by atoms with Crippen LogP contribution in [0.4, 0.5) is 5.95 Å². The average Bonchev–Trinajstić information content (AvgIpc) is 3.15. The van der Waals surface area contributed by atoms with Crippen LogP contribution in [0.2, 0.25) is 0 Å². The van der Waals surface area contributed by atoms with Gasteiger partial charge in [-0.05, 0) is 32.1 Å². The van der Waals surface area contributed by atoms with Gasteiger partial charge in [-0.2, -0.15) is 4.98 Å². The molecular formula is C19H21N4O. The Balaban J connectivity index is 1.90. The maximum absolute atomic E-state index is 12.7. The van der Waals surface area contributed by atoms with E-state index >= 15 is 0 Å². The quantitative estimate of drug-likeness (QED) is 0.798. The predicted molar refractivity (Wildman–Crippen MR) is 95.0 cm³/mol. The molecule has 0 bridgehead atoms. The lowest BCUT2D eigenvalue weighted by Crippen LogP contribution is -2.32. The first-order chi connectivity index (χ1) is 11.8. The van der Waals surface area contributed by atoms with Crippen LogP contribution >= 0.6 is 0 Å². The predicted octanol–water partition coefficient (Wildman–Crippen LogP) is 2.69. The summed E-state index contributed by atoms with van der Waals surface area (Å²) in [6.45, 7) is 1.85. The molecule has 123 valence electrons. The largest absolute Gasteiger partial charge is 0.341 e. The van der Waals surface area contributed by atoms with Crippen molar-refractivity contribution in [2.45, 2.75) is 44.6 Å². The number of hydrogen-bond acceptors (Lipinski definition) is 4. The first kappa shape index (κ1) is 15.2. The highest BCUT2D eigenvalue weighted by Gasteiger charge is 2.23. The zero-order valence-electron chi connectivity index (χ0n) is 13.7. The molecule has 0 atom stereocenters. The van der Waals surface area contributed by atoms with Gasteiger partial charge in [-0.1, -0.05) is 18.8 Å². The van der Waals surface area contributed by atoms with Crippen LogP contribution in [0.15, 0.2) is 17.1 Å². The summed E-state index contributed by atoms with van der Waals surface area (Å²) < 4.78 is 1.85. The molecule has 4 rings (SSSR count). The minimum atomic E-state index is -0.0426. The van der Waals surface area contributed by atoms with Gasteiger partial charge in [-0.3, -0.25) is 9.36 Å². The van der Waals surface area contributed by atoms with Crippen molar-refractivity contribution in [2.24, 2.45) is 0 Å². The van der Waals surface area contributed by atoms with Crippen LogP contribution in [-0.4, -0.2) is 27.6 Å². The third-order valence-electron chi connectivity index (χ3n) is 5.11. The Morgan fingerprint density at radius 3 is 2.67 bits per heavy atom. The Labute approximate surface area is 141 Å². The first-order valence-electron chi connectivity index (χ1n) is 8.73. The summed E-state index contributed by atoms with van der Waals surface area (Å²) in [4.78, 5) is 24.2. The minimum Gasteiger partial charge on any atom is -0.341 e. The zero-order chi connectivity index (χ0) is 16.5. The van der Waals surface area contributed by atoms with Crippen molar-refractivity contribution < 1.29 is 0 Å². The van der Waals surface area contributed by atoms with Crippen LogP contribution in [0.1, 0.15) is 50.1 Å². The van der Waals surface area contributed by atoms with Crippen LogP contribution in [0.25, 0.3) is 11.0 Å². The molecule has 0 N–H and O–H groups in total. The molecular weight excluding hydrogens is 300 g/mol. The second kappa shape index (κ2) is 6.27. The van der Waals surface area contributed by atoms with Gasteiger partial charge in [0.2, 0.25) is 5.95 Å². The van der Waals surface area contributed by atoms with Crippen molar-refractivity contribution in [3.8, 4) is 12.3 Å². The van der Waals surface area contributed by atoms with Crippen molar-refractivity contribution in [1.29, 1.82) is 0 Å². The number of piperidine rings is 1. The van der Waals surface area contributed by atoms with E-state index in [-0.39, 0.29) is 11.6 Å². The van der Waals surface area contributed by atoms with Gasteiger partial charge in [-0.25, -0.2) is 4.98 Å². The number of nitrogens with zero attached hydrogens (tertiary/aromatic N) is 4. The molecule has 5 nitrogen and oxygen atoms in total. The van der Waals surface area contributed by atoms with Crippen LogP contribution < -0.4 is 10.5 Å². The average molecular weight is 321 g/mol. The molecule has 2 aromatic rings. The summed E-state index contributed by atoms with van der Waals surface area (Å²) in [6.07, 6.45) is 16.2. The van der Waals surface area contributed by atoms with Gasteiger partial charge in [0, 0.05) is 37.0 Å². The second-order valence-corrected chi connectivity index (χ2v) is 6.61. The fraction of sp³-hybridized carbons (Fsp3) is 0.474. The Kier molecular flexibility index (Phi) is 3.97. The number of aromatic nitrogens is 3. The first-order valence-corrected chi connectivity index (χ1v) is 8.73. The second-order valence-electron chi connectivity index (χ2n) is 6.61. The molecule has 3 heterocycles. The molecule has 0 spiro atoms. The lowest BCUT2D eigenvalue weighted by atomic mass is 10.1. The van der Waals surface area contributed by atoms with E-state index in [0.717, 1.165) is 57.0 Å². The van der Waals surface area contributed by atoms with E-state index in [1.165, 1.54) is 0 Å². The Hall–Kier alpha value is -2.35. The van der Waals surface area contributed by atoms with Gasteiger partial charge >= 0.3 is 0 Å². The third kappa shape index (κ3) is 2.56. The lowest BCUT2D eigenvalue weighted by Gasteiger charge is -2.27. The summed E-state index contributed by atoms with van der Waals surface area (Å²) in [5.41, 5.74) is 1.24. The minimum absolute atomic E-state index is 0.0426. The third-order valence-corrected chi connectivity index (χ3v) is 5.11. The maximum atomic E-state index is 12.7. The maximum Gasteiger partial charge on any atom is 0.253 e. The van der Waals surface area contributed by atoms with Crippen LogP contribution in [-0.2, 0) is 0 Å². The summed E-state index contributed by atoms with van der Waals surface area (Å²) in [5.74, 6) is 3.32.